The van der Waals surface area contributed by atoms with Gasteiger partial charge in [-0.2, -0.15) is 0 Å². The first kappa shape index (κ1) is 19.5. The summed E-state index contributed by atoms with van der Waals surface area (Å²) in [6.45, 7) is 1.65. The first-order chi connectivity index (χ1) is 14.2. The molecule has 0 unspecified atom stereocenters. The molecular formula is C21H20ClN5OS. The number of urea groups is 1. The summed E-state index contributed by atoms with van der Waals surface area (Å²) in [5.74, 6) is 1.40. The maximum Gasteiger partial charge on any atom is 0.323 e. The number of nitrogens with one attached hydrogen (secondary N) is 2. The number of halogens is 1. The number of hydrogen-bond donors (Lipinski definition) is 2. The maximum absolute atomic E-state index is 12.3. The number of thioether (sulfide) groups is 1. The van der Waals surface area contributed by atoms with Gasteiger partial charge in [-0.15, -0.1) is 0 Å². The molecule has 2 aromatic carbocycles. The van der Waals surface area contributed by atoms with Crippen LogP contribution in [0.2, 0.25) is 5.02 Å². The van der Waals surface area contributed by atoms with E-state index in [9.17, 15) is 4.79 Å². The summed E-state index contributed by atoms with van der Waals surface area (Å²) >= 11 is 7.78. The van der Waals surface area contributed by atoms with Gasteiger partial charge in [0, 0.05) is 37.1 Å². The molecule has 3 aromatic rings. The molecule has 6 nitrogen and oxygen atoms in total. The molecule has 0 radical (unpaired) electrons. The molecule has 0 bridgehead atoms. The molecule has 0 aliphatic carbocycles. The Kier molecular flexibility index (Phi) is 6.17. The standard InChI is InChI=1S/C21H20ClN5OS/c22-17-8-4-5-9-18(17)24-12-16-13-25-20(29-14-15-6-2-1-3-7-15)26-19(16)27-11-10-23-21(27)28/h1-9,13,24H,10-12,14H2,(H,23,28). The van der Waals surface area contributed by atoms with Crippen LogP contribution < -0.4 is 15.5 Å². The van der Waals surface area contributed by atoms with Crippen molar-refractivity contribution in [3.8, 4) is 0 Å². The molecule has 2 heterocycles. The average Bonchev–Trinajstić information content (AvgIpc) is 3.18. The van der Waals surface area contributed by atoms with Gasteiger partial charge in [0.15, 0.2) is 5.16 Å². The Bertz CT molecular complexity index is 1000. The van der Waals surface area contributed by atoms with Crippen molar-refractivity contribution in [3.63, 3.8) is 0 Å². The molecule has 1 aliphatic rings. The third-order valence-corrected chi connectivity index (χ3v) is 5.75. The SMILES string of the molecule is O=C1NCCN1c1nc(SCc2ccccc2)ncc1CNc1ccccc1Cl. The van der Waals surface area contributed by atoms with Crippen LogP contribution in [-0.2, 0) is 12.3 Å². The molecule has 1 aliphatic heterocycles. The predicted molar refractivity (Wildman–Crippen MR) is 118 cm³/mol. The fourth-order valence-corrected chi connectivity index (χ4v) is 3.97. The Hall–Kier alpha value is -2.77. The molecule has 29 heavy (non-hydrogen) atoms. The minimum absolute atomic E-state index is 0.137. The maximum atomic E-state index is 12.3. The van der Waals surface area contributed by atoms with E-state index in [2.05, 4.69) is 27.8 Å². The fourth-order valence-electron chi connectivity index (χ4n) is 3.00. The highest BCUT2D eigenvalue weighted by Gasteiger charge is 2.25. The van der Waals surface area contributed by atoms with Crippen molar-refractivity contribution in [2.75, 3.05) is 23.3 Å². The largest absolute Gasteiger partial charge is 0.380 e. The lowest BCUT2D eigenvalue weighted by molar-refractivity contribution is 0.252. The highest BCUT2D eigenvalue weighted by molar-refractivity contribution is 7.98. The van der Waals surface area contributed by atoms with E-state index < -0.39 is 0 Å². The topological polar surface area (TPSA) is 70.2 Å². The lowest BCUT2D eigenvalue weighted by Crippen LogP contribution is -2.30. The number of benzene rings is 2. The number of amides is 2. The quantitative estimate of drug-likeness (QED) is 0.429. The highest BCUT2D eigenvalue weighted by Crippen LogP contribution is 2.27. The second-order valence-electron chi connectivity index (χ2n) is 6.49. The molecule has 0 saturated carbocycles. The van der Waals surface area contributed by atoms with Crippen molar-refractivity contribution in [2.45, 2.75) is 17.5 Å². The third kappa shape index (κ3) is 4.81. The van der Waals surface area contributed by atoms with E-state index in [4.69, 9.17) is 16.6 Å². The molecule has 1 aromatic heterocycles. The van der Waals surface area contributed by atoms with Gasteiger partial charge >= 0.3 is 6.03 Å². The average molecular weight is 426 g/mol. The number of para-hydroxylation sites is 1. The Labute approximate surface area is 178 Å². The van der Waals surface area contributed by atoms with Gasteiger partial charge in [0.25, 0.3) is 0 Å². The predicted octanol–water partition coefficient (Wildman–Crippen LogP) is 4.56. The highest BCUT2D eigenvalue weighted by atomic mass is 35.5. The first-order valence-corrected chi connectivity index (χ1v) is 10.6. The van der Waals surface area contributed by atoms with Crippen molar-refractivity contribution in [2.24, 2.45) is 0 Å². The summed E-state index contributed by atoms with van der Waals surface area (Å²) in [4.78, 5) is 23.1. The van der Waals surface area contributed by atoms with Gasteiger partial charge < -0.3 is 10.6 Å². The Morgan fingerprint density at radius 3 is 2.69 bits per heavy atom. The molecule has 0 spiro atoms. The lowest BCUT2D eigenvalue weighted by Gasteiger charge is -2.18. The van der Waals surface area contributed by atoms with Crippen molar-refractivity contribution in [1.29, 1.82) is 0 Å². The summed E-state index contributed by atoms with van der Waals surface area (Å²) in [6, 6.07) is 17.6. The number of anilines is 2. The van der Waals surface area contributed by atoms with E-state index in [0.29, 0.717) is 35.6 Å². The van der Waals surface area contributed by atoms with Crippen LogP contribution in [0.3, 0.4) is 0 Å². The monoisotopic (exact) mass is 425 g/mol. The van der Waals surface area contributed by atoms with Crippen LogP contribution in [0.5, 0.6) is 0 Å². The van der Waals surface area contributed by atoms with Crippen molar-refractivity contribution >= 4 is 40.9 Å². The number of carbonyl (C=O) groups excluding carboxylic acids is 1. The van der Waals surface area contributed by atoms with Gasteiger partial charge in [0.05, 0.1) is 10.7 Å². The summed E-state index contributed by atoms with van der Waals surface area (Å²) in [5, 5.41) is 7.43. The van der Waals surface area contributed by atoms with Crippen LogP contribution in [-0.4, -0.2) is 29.1 Å². The number of aromatic nitrogens is 2. The number of rotatable bonds is 7. The molecule has 148 valence electrons. The second-order valence-corrected chi connectivity index (χ2v) is 7.84. The molecule has 1 fully saturated rings. The van der Waals surface area contributed by atoms with Crippen LogP contribution >= 0.6 is 23.4 Å². The Morgan fingerprint density at radius 2 is 1.93 bits per heavy atom. The Morgan fingerprint density at radius 1 is 1.14 bits per heavy atom. The molecule has 0 atom stereocenters. The molecule has 2 amide bonds. The van der Waals surface area contributed by atoms with Gasteiger partial charge in [-0.1, -0.05) is 65.8 Å². The van der Waals surface area contributed by atoms with Crippen LogP contribution in [0.1, 0.15) is 11.1 Å². The zero-order valence-electron chi connectivity index (χ0n) is 15.6. The van der Waals surface area contributed by atoms with Gasteiger partial charge in [0.1, 0.15) is 5.82 Å². The van der Waals surface area contributed by atoms with Gasteiger partial charge in [-0.25, -0.2) is 14.8 Å². The summed E-state index contributed by atoms with van der Waals surface area (Å²) in [6.07, 6.45) is 1.78. The Balaban J connectivity index is 1.55. The van der Waals surface area contributed by atoms with E-state index in [-0.39, 0.29) is 6.03 Å². The molecule has 1 saturated heterocycles. The summed E-state index contributed by atoms with van der Waals surface area (Å²) in [5.41, 5.74) is 2.87. The minimum Gasteiger partial charge on any atom is -0.380 e. The molecular weight excluding hydrogens is 406 g/mol. The van der Waals surface area contributed by atoms with E-state index in [0.717, 1.165) is 17.0 Å². The number of carbonyl (C=O) groups is 1. The summed E-state index contributed by atoms with van der Waals surface area (Å²) < 4.78 is 0. The van der Waals surface area contributed by atoms with Crippen molar-refractivity contribution in [1.82, 2.24) is 15.3 Å². The van der Waals surface area contributed by atoms with Crippen LogP contribution in [0.25, 0.3) is 0 Å². The summed E-state index contributed by atoms with van der Waals surface area (Å²) in [7, 11) is 0. The van der Waals surface area contributed by atoms with Gasteiger partial charge in [-0.05, 0) is 17.7 Å². The van der Waals surface area contributed by atoms with Gasteiger partial charge in [0.2, 0.25) is 0 Å². The molecule has 8 heteroatoms. The third-order valence-electron chi connectivity index (χ3n) is 4.49. The zero-order valence-corrected chi connectivity index (χ0v) is 17.2. The molecule has 4 rings (SSSR count). The number of hydrogen-bond acceptors (Lipinski definition) is 5. The first-order valence-electron chi connectivity index (χ1n) is 9.27. The number of nitrogens with zero attached hydrogens (tertiary/aromatic N) is 3. The van der Waals surface area contributed by atoms with Crippen LogP contribution in [0, 0.1) is 0 Å². The van der Waals surface area contributed by atoms with E-state index >= 15 is 0 Å². The van der Waals surface area contributed by atoms with E-state index in [1.807, 2.05) is 42.5 Å². The normalized spacial score (nSPS) is 13.4. The van der Waals surface area contributed by atoms with Crippen molar-refractivity contribution < 1.29 is 4.79 Å². The van der Waals surface area contributed by atoms with E-state index in [1.165, 1.54) is 5.56 Å². The second kappa shape index (κ2) is 9.15. The minimum atomic E-state index is -0.137. The van der Waals surface area contributed by atoms with Crippen LogP contribution in [0.4, 0.5) is 16.3 Å². The smallest absolute Gasteiger partial charge is 0.323 e. The van der Waals surface area contributed by atoms with Gasteiger partial charge in [-0.3, -0.25) is 4.90 Å². The molecule has 2 N–H and O–H groups in total. The van der Waals surface area contributed by atoms with Crippen molar-refractivity contribution in [3.05, 3.63) is 76.9 Å². The fraction of sp³-hybridized carbons (Fsp3) is 0.190. The van der Waals surface area contributed by atoms with E-state index in [1.54, 1.807) is 22.9 Å². The lowest BCUT2D eigenvalue weighted by atomic mass is 10.2. The van der Waals surface area contributed by atoms with Crippen LogP contribution in [0.15, 0.2) is 66.0 Å². The zero-order chi connectivity index (χ0) is 20.1.